The maximum atomic E-state index is 12.4. The van der Waals surface area contributed by atoms with E-state index in [-0.39, 0.29) is 11.7 Å². The van der Waals surface area contributed by atoms with Gasteiger partial charge in [-0.2, -0.15) is 0 Å². The van der Waals surface area contributed by atoms with E-state index in [2.05, 4.69) is 27.3 Å². The fourth-order valence-electron chi connectivity index (χ4n) is 3.17. The van der Waals surface area contributed by atoms with E-state index in [9.17, 15) is 4.79 Å². The van der Waals surface area contributed by atoms with Crippen LogP contribution in [0.2, 0.25) is 0 Å². The summed E-state index contributed by atoms with van der Waals surface area (Å²) in [5, 5.41) is 9.37. The molecule has 1 amide bonds. The molecule has 6 nitrogen and oxygen atoms in total. The minimum atomic E-state index is -0.336. The lowest BCUT2D eigenvalue weighted by Crippen LogP contribution is -2.32. The third kappa shape index (κ3) is 4.43. The average molecular weight is 382 g/mol. The second-order valence-corrected chi connectivity index (χ2v) is 7.86. The molecule has 1 aromatic carbocycles. The van der Waals surface area contributed by atoms with Gasteiger partial charge in [0.1, 0.15) is 5.69 Å². The summed E-state index contributed by atoms with van der Waals surface area (Å²) in [5.74, 6) is 0.655. The van der Waals surface area contributed by atoms with Gasteiger partial charge in [-0.25, -0.2) is 4.98 Å². The van der Waals surface area contributed by atoms with Gasteiger partial charge in [-0.1, -0.05) is 42.4 Å². The molecule has 0 radical (unpaired) electrons. The summed E-state index contributed by atoms with van der Waals surface area (Å²) in [6.45, 7) is 5.36. The van der Waals surface area contributed by atoms with Crippen molar-refractivity contribution in [3.63, 3.8) is 0 Å². The van der Waals surface area contributed by atoms with E-state index in [0.29, 0.717) is 10.8 Å². The van der Waals surface area contributed by atoms with E-state index >= 15 is 0 Å². The summed E-state index contributed by atoms with van der Waals surface area (Å²) in [6.07, 6.45) is 2.48. The van der Waals surface area contributed by atoms with E-state index in [1.165, 1.54) is 24.2 Å². The first-order valence-electron chi connectivity index (χ1n) is 9.17. The number of carbonyl (C=O) groups excluding carboxylic acids is 1. The number of piperidine rings is 1. The molecular formula is C20H22N4O2S. The number of nitrogens with zero attached hydrogens (tertiary/aromatic N) is 3. The number of carbonyl (C=O) groups is 1. The average Bonchev–Trinajstić information content (AvgIpc) is 3.34. The predicted octanol–water partition coefficient (Wildman–Crippen LogP) is 4.28. The van der Waals surface area contributed by atoms with Crippen molar-refractivity contribution in [3.05, 3.63) is 53.2 Å². The van der Waals surface area contributed by atoms with Crippen LogP contribution in [0, 0.1) is 5.92 Å². The molecule has 0 aliphatic carbocycles. The van der Waals surface area contributed by atoms with Crippen molar-refractivity contribution >= 4 is 22.4 Å². The first-order chi connectivity index (χ1) is 13.2. The number of likely N-dealkylation sites (tertiary alicyclic amines) is 1. The highest BCUT2D eigenvalue weighted by molar-refractivity contribution is 7.13. The highest BCUT2D eigenvalue weighted by atomic mass is 32.1. The number of rotatable bonds is 5. The van der Waals surface area contributed by atoms with Crippen LogP contribution in [0.25, 0.3) is 11.3 Å². The number of thiazole rings is 1. The molecule has 2 aromatic heterocycles. The van der Waals surface area contributed by atoms with Crippen LogP contribution in [0.1, 0.15) is 36.0 Å². The molecule has 27 heavy (non-hydrogen) atoms. The molecule has 0 spiro atoms. The zero-order valence-corrected chi connectivity index (χ0v) is 16.0. The smallest absolute Gasteiger partial charge is 0.296 e. The van der Waals surface area contributed by atoms with Crippen molar-refractivity contribution in [2.24, 2.45) is 5.92 Å². The lowest BCUT2D eigenvalue weighted by Gasteiger charge is -2.29. The second kappa shape index (κ2) is 8.02. The maximum absolute atomic E-state index is 12.4. The summed E-state index contributed by atoms with van der Waals surface area (Å²) in [7, 11) is 0. The quantitative estimate of drug-likeness (QED) is 0.713. The fraction of sp³-hybridized carbons (Fsp3) is 0.350. The molecule has 1 saturated heterocycles. The SMILES string of the molecule is CC1CCN(Cc2csc(NC(=O)c3cc(-c4ccccc4)no3)n2)CC1. The molecule has 0 bridgehead atoms. The summed E-state index contributed by atoms with van der Waals surface area (Å²) in [4.78, 5) is 19.4. The van der Waals surface area contributed by atoms with Crippen molar-refractivity contribution in [3.8, 4) is 11.3 Å². The summed E-state index contributed by atoms with van der Waals surface area (Å²) in [5.41, 5.74) is 2.54. The maximum Gasteiger partial charge on any atom is 0.296 e. The summed E-state index contributed by atoms with van der Waals surface area (Å²) >= 11 is 1.43. The zero-order valence-electron chi connectivity index (χ0n) is 15.2. The molecule has 1 N–H and O–H groups in total. The van der Waals surface area contributed by atoms with Gasteiger partial charge in [-0.15, -0.1) is 11.3 Å². The number of amides is 1. The molecule has 1 aliphatic heterocycles. The van der Waals surface area contributed by atoms with Crippen LogP contribution < -0.4 is 5.32 Å². The summed E-state index contributed by atoms with van der Waals surface area (Å²) < 4.78 is 5.20. The Bertz CT molecular complexity index is 898. The zero-order chi connectivity index (χ0) is 18.6. The van der Waals surface area contributed by atoms with Crippen molar-refractivity contribution in [2.75, 3.05) is 18.4 Å². The van der Waals surface area contributed by atoms with E-state index in [4.69, 9.17) is 4.52 Å². The van der Waals surface area contributed by atoms with Crippen LogP contribution in [0.5, 0.6) is 0 Å². The van der Waals surface area contributed by atoms with Crippen LogP contribution >= 0.6 is 11.3 Å². The van der Waals surface area contributed by atoms with Crippen LogP contribution in [-0.2, 0) is 6.54 Å². The van der Waals surface area contributed by atoms with Crippen LogP contribution in [-0.4, -0.2) is 34.0 Å². The largest absolute Gasteiger partial charge is 0.350 e. The van der Waals surface area contributed by atoms with Gasteiger partial charge in [0.15, 0.2) is 5.13 Å². The molecule has 1 aliphatic rings. The van der Waals surface area contributed by atoms with Crippen molar-refractivity contribution in [1.82, 2.24) is 15.0 Å². The second-order valence-electron chi connectivity index (χ2n) is 7.00. The molecular weight excluding hydrogens is 360 g/mol. The standard InChI is InChI=1S/C20H22N4O2S/c1-14-7-9-24(10-8-14)12-16-13-27-20(21-16)22-19(25)18-11-17(23-26-18)15-5-3-2-4-6-15/h2-6,11,13-14H,7-10,12H2,1H3,(H,21,22,25). The lowest BCUT2D eigenvalue weighted by atomic mass is 9.99. The molecule has 7 heteroatoms. The third-order valence-electron chi connectivity index (χ3n) is 4.84. The number of anilines is 1. The Balaban J connectivity index is 1.36. The Morgan fingerprint density at radius 3 is 2.85 bits per heavy atom. The van der Waals surface area contributed by atoms with Gasteiger partial charge < -0.3 is 4.52 Å². The van der Waals surface area contributed by atoms with E-state index in [1.54, 1.807) is 6.07 Å². The number of hydrogen-bond acceptors (Lipinski definition) is 6. The highest BCUT2D eigenvalue weighted by Crippen LogP contribution is 2.22. The summed E-state index contributed by atoms with van der Waals surface area (Å²) in [6, 6.07) is 11.3. The molecule has 1 fully saturated rings. The molecule has 4 rings (SSSR count). The number of benzene rings is 1. The van der Waals surface area contributed by atoms with Gasteiger partial charge in [0, 0.05) is 23.6 Å². The lowest BCUT2D eigenvalue weighted by molar-refractivity contribution is 0.0988. The van der Waals surface area contributed by atoms with E-state index in [0.717, 1.165) is 36.8 Å². The Hall–Kier alpha value is -2.51. The Morgan fingerprint density at radius 2 is 2.07 bits per heavy atom. The molecule has 3 heterocycles. The van der Waals surface area contributed by atoms with Crippen molar-refractivity contribution in [1.29, 1.82) is 0 Å². The van der Waals surface area contributed by atoms with Gasteiger partial charge in [0.2, 0.25) is 5.76 Å². The predicted molar refractivity (Wildman–Crippen MR) is 106 cm³/mol. The number of hydrogen-bond donors (Lipinski definition) is 1. The Labute approximate surface area is 162 Å². The van der Waals surface area contributed by atoms with Gasteiger partial charge in [0.25, 0.3) is 5.91 Å². The monoisotopic (exact) mass is 382 g/mol. The molecule has 0 saturated carbocycles. The molecule has 0 atom stereocenters. The van der Waals surface area contributed by atoms with Crippen LogP contribution in [0.4, 0.5) is 5.13 Å². The normalized spacial score (nSPS) is 15.7. The van der Waals surface area contributed by atoms with E-state index in [1.807, 2.05) is 35.7 Å². The minimum absolute atomic E-state index is 0.177. The minimum Gasteiger partial charge on any atom is -0.350 e. The van der Waals surface area contributed by atoms with E-state index < -0.39 is 0 Å². The van der Waals surface area contributed by atoms with Gasteiger partial charge in [-0.05, 0) is 31.8 Å². The third-order valence-corrected chi connectivity index (χ3v) is 5.64. The van der Waals surface area contributed by atoms with Crippen LogP contribution in [0.15, 0.2) is 46.3 Å². The first-order valence-corrected chi connectivity index (χ1v) is 10.1. The first kappa shape index (κ1) is 17.9. The Kier molecular flexibility index (Phi) is 5.31. The van der Waals surface area contributed by atoms with Crippen molar-refractivity contribution in [2.45, 2.75) is 26.3 Å². The topological polar surface area (TPSA) is 71.3 Å². The molecule has 0 unspecified atom stereocenters. The van der Waals surface area contributed by atoms with Crippen LogP contribution in [0.3, 0.4) is 0 Å². The highest BCUT2D eigenvalue weighted by Gasteiger charge is 2.18. The van der Waals surface area contributed by atoms with Gasteiger partial charge in [-0.3, -0.25) is 15.0 Å². The Morgan fingerprint density at radius 1 is 1.30 bits per heavy atom. The fourth-order valence-corrected chi connectivity index (χ4v) is 3.87. The number of nitrogens with one attached hydrogen (secondary N) is 1. The molecule has 3 aromatic rings. The van der Waals surface area contributed by atoms with Crippen molar-refractivity contribution < 1.29 is 9.32 Å². The number of aromatic nitrogens is 2. The van der Waals surface area contributed by atoms with Gasteiger partial charge >= 0.3 is 0 Å². The molecule has 140 valence electrons. The van der Waals surface area contributed by atoms with Gasteiger partial charge in [0.05, 0.1) is 5.69 Å².